The minimum Gasteiger partial charge on any atom is -0.241 e. The summed E-state index contributed by atoms with van der Waals surface area (Å²) in [7, 11) is -1.39. The first-order chi connectivity index (χ1) is 6.47. The quantitative estimate of drug-likeness (QED) is 0.655. The molecular formula is C10H13FN2Si. The third kappa shape index (κ3) is 1.57. The molecule has 0 fully saturated rings. The molecule has 0 aliphatic rings. The largest absolute Gasteiger partial charge is 0.241 e. The number of hydrogen-bond acceptors (Lipinski definition) is 1. The molecule has 0 unspecified atom stereocenters. The summed E-state index contributed by atoms with van der Waals surface area (Å²) in [6, 6.07) is 4.92. The normalized spacial score (nSPS) is 12.3. The van der Waals surface area contributed by atoms with Crippen LogP contribution < -0.4 is 5.32 Å². The minimum atomic E-state index is -1.39. The van der Waals surface area contributed by atoms with Crippen LogP contribution in [0.5, 0.6) is 0 Å². The first-order valence-corrected chi connectivity index (χ1v) is 8.12. The van der Waals surface area contributed by atoms with Crippen LogP contribution in [0.2, 0.25) is 19.6 Å². The molecule has 0 saturated heterocycles. The van der Waals surface area contributed by atoms with Crippen molar-refractivity contribution >= 4 is 18.9 Å². The van der Waals surface area contributed by atoms with Gasteiger partial charge in [0.25, 0.3) is 0 Å². The van der Waals surface area contributed by atoms with E-state index in [0.717, 1.165) is 10.8 Å². The summed E-state index contributed by atoms with van der Waals surface area (Å²) in [5.74, 6) is -0.209. The molecule has 0 atom stereocenters. The van der Waals surface area contributed by atoms with E-state index in [4.69, 9.17) is 0 Å². The number of nitrogens with zero attached hydrogens (tertiary/aromatic N) is 2. The Bertz CT molecular complexity index is 470. The van der Waals surface area contributed by atoms with Gasteiger partial charge in [0.1, 0.15) is 13.9 Å². The standard InChI is InChI=1S/C10H13FN2Si/c1-14(2,3)10-7-9-6-8(11)4-5-13(9)12-10/h4-7H,1-3H3. The van der Waals surface area contributed by atoms with Gasteiger partial charge in [-0.15, -0.1) is 0 Å². The van der Waals surface area contributed by atoms with Gasteiger partial charge in [-0.3, -0.25) is 0 Å². The maximum atomic E-state index is 12.9. The molecule has 0 bridgehead atoms. The predicted octanol–water partition coefficient (Wildman–Crippen LogP) is 2.02. The summed E-state index contributed by atoms with van der Waals surface area (Å²) in [4.78, 5) is 0. The van der Waals surface area contributed by atoms with E-state index < -0.39 is 8.07 Å². The van der Waals surface area contributed by atoms with Crippen molar-refractivity contribution < 1.29 is 4.39 Å². The molecule has 0 radical (unpaired) electrons. The maximum absolute atomic E-state index is 12.9. The number of hydrogen-bond donors (Lipinski definition) is 0. The molecule has 0 N–H and O–H groups in total. The summed E-state index contributed by atoms with van der Waals surface area (Å²) in [5, 5.41) is 5.55. The molecule has 0 spiro atoms. The molecule has 2 aromatic heterocycles. The van der Waals surface area contributed by atoms with Crippen molar-refractivity contribution in [1.82, 2.24) is 9.61 Å². The number of rotatable bonds is 1. The lowest BCUT2D eigenvalue weighted by atomic mass is 10.4. The smallest absolute Gasteiger partial charge is 0.126 e. The third-order valence-corrected chi connectivity index (χ3v) is 3.97. The Kier molecular flexibility index (Phi) is 1.96. The van der Waals surface area contributed by atoms with Gasteiger partial charge in [0.05, 0.1) is 5.52 Å². The highest BCUT2D eigenvalue weighted by Gasteiger charge is 2.20. The fraction of sp³-hybridized carbons (Fsp3) is 0.300. The van der Waals surface area contributed by atoms with Gasteiger partial charge in [0.15, 0.2) is 0 Å². The van der Waals surface area contributed by atoms with Gasteiger partial charge in [-0.1, -0.05) is 19.6 Å². The molecular weight excluding hydrogens is 195 g/mol. The zero-order chi connectivity index (χ0) is 10.3. The van der Waals surface area contributed by atoms with E-state index in [0.29, 0.717) is 0 Å². The molecule has 0 aliphatic carbocycles. The second-order valence-corrected chi connectivity index (χ2v) is 9.51. The van der Waals surface area contributed by atoms with Crippen LogP contribution in [0.15, 0.2) is 24.4 Å². The molecule has 2 aromatic rings. The Morgan fingerprint density at radius 2 is 2.00 bits per heavy atom. The van der Waals surface area contributed by atoms with Crippen LogP contribution in [0.3, 0.4) is 0 Å². The second-order valence-electron chi connectivity index (χ2n) is 4.49. The van der Waals surface area contributed by atoms with Crippen molar-refractivity contribution in [3.63, 3.8) is 0 Å². The van der Waals surface area contributed by atoms with Crippen LogP contribution in [-0.4, -0.2) is 17.7 Å². The van der Waals surface area contributed by atoms with E-state index in [1.54, 1.807) is 10.7 Å². The zero-order valence-electron chi connectivity index (χ0n) is 8.58. The van der Waals surface area contributed by atoms with Crippen molar-refractivity contribution in [1.29, 1.82) is 0 Å². The van der Waals surface area contributed by atoms with Crippen molar-refractivity contribution in [2.45, 2.75) is 19.6 Å². The fourth-order valence-electron chi connectivity index (χ4n) is 1.33. The van der Waals surface area contributed by atoms with Crippen LogP contribution in [0.25, 0.3) is 5.52 Å². The van der Waals surface area contributed by atoms with E-state index in [1.807, 2.05) is 6.07 Å². The fourth-order valence-corrected chi connectivity index (χ4v) is 2.32. The molecule has 2 rings (SSSR count). The summed E-state index contributed by atoms with van der Waals surface area (Å²) in [6.07, 6.45) is 1.66. The van der Waals surface area contributed by atoms with Gasteiger partial charge in [-0.25, -0.2) is 8.91 Å². The Hall–Kier alpha value is -1.16. The van der Waals surface area contributed by atoms with Crippen molar-refractivity contribution in [2.24, 2.45) is 0 Å². The van der Waals surface area contributed by atoms with E-state index in [1.165, 1.54) is 12.1 Å². The molecule has 2 nitrogen and oxygen atoms in total. The first-order valence-electron chi connectivity index (χ1n) is 4.62. The third-order valence-electron chi connectivity index (χ3n) is 2.19. The molecule has 0 aliphatic heterocycles. The first kappa shape index (κ1) is 9.39. The summed E-state index contributed by atoms with van der Waals surface area (Å²) in [6.45, 7) is 6.68. The molecule has 0 aromatic carbocycles. The average molecular weight is 208 g/mol. The zero-order valence-corrected chi connectivity index (χ0v) is 9.58. The van der Waals surface area contributed by atoms with E-state index >= 15 is 0 Å². The van der Waals surface area contributed by atoms with Gasteiger partial charge in [0.2, 0.25) is 0 Å². The maximum Gasteiger partial charge on any atom is 0.126 e. The van der Waals surface area contributed by atoms with Crippen LogP contribution >= 0.6 is 0 Å². The summed E-state index contributed by atoms with van der Waals surface area (Å²) < 4.78 is 14.6. The SMILES string of the molecule is C[Si](C)(C)c1cc2cc(F)ccn2n1. The minimum absolute atomic E-state index is 0.209. The Labute approximate surface area is 83.4 Å². The van der Waals surface area contributed by atoms with Gasteiger partial charge in [-0.2, -0.15) is 5.10 Å². The topological polar surface area (TPSA) is 17.3 Å². The Morgan fingerprint density at radius 1 is 1.29 bits per heavy atom. The van der Waals surface area contributed by atoms with Crippen LogP contribution in [0.1, 0.15) is 0 Å². The van der Waals surface area contributed by atoms with Gasteiger partial charge < -0.3 is 0 Å². The van der Waals surface area contributed by atoms with Crippen molar-refractivity contribution in [3.05, 3.63) is 30.2 Å². The van der Waals surface area contributed by atoms with Crippen LogP contribution in [-0.2, 0) is 0 Å². The summed E-state index contributed by atoms with van der Waals surface area (Å²) in [5.41, 5.74) is 0.836. The monoisotopic (exact) mass is 208 g/mol. The number of aromatic nitrogens is 2. The highest BCUT2D eigenvalue weighted by atomic mass is 28.3. The lowest BCUT2D eigenvalue weighted by molar-refractivity contribution is 0.625. The predicted molar refractivity (Wildman–Crippen MR) is 58.1 cm³/mol. The average Bonchev–Trinajstić information content (AvgIpc) is 2.45. The van der Waals surface area contributed by atoms with E-state index in [9.17, 15) is 4.39 Å². The van der Waals surface area contributed by atoms with E-state index in [-0.39, 0.29) is 5.82 Å². The Balaban J connectivity index is 2.63. The van der Waals surface area contributed by atoms with E-state index in [2.05, 4.69) is 24.7 Å². The highest BCUT2D eigenvalue weighted by Crippen LogP contribution is 2.07. The molecule has 2 heterocycles. The van der Waals surface area contributed by atoms with Gasteiger partial charge in [0, 0.05) is 11.5 Å². The molecule has 4 heteroatoms. The second kappa shape index (κ2) is 2.92. The molecule has 74 valence electrons. The van der Waals surface area contributed by atoms with Crippen LogP contribution in [0, 0.1) is 5.82 Å². The lowest BCUT2D eigenvalue weighted by Gasteiger charge is -2.10. The number of pyridine rings is 1. The van der Waals surface area contributed by atoms with Crippen molar-refractivity contribution in [2.75, 3.05) is 0 Å². The summed E-state index contributed by atoms with van der Waals surface area (Å²) >= 11 is 0. The molecule has 0 amide bonds. The van der Waals surface area contributed by atoms with Gasteiger partial charge >= 0.3 is 0 Å². The Morgan fingerprint density at radius 3 is 2.64 bits per heavy atom. The molecule has 14 heavy (non-hydrogen) atoms. The van der Waals surface area contributed by atoms with Crippen molar-refractivity contribution in [3.8, 4) is 0 Å². The highest BCUT2D eigenvalue weighted by molar-refractivity contribution is 6.88. The van der Waals surface area contributed by atoms with Gasteiger partial charge in [-0.05, 0) is 18.2 Å². The molecule has 0 saturated carbocycles. The number of halogens is 1. The van der Waals surface area contributed by atoms with Crippen LogP contribution in [0.4, 0.5) is 4.39 Å². The number of fused-ring (bicyclic) bond motifs is 1. The lowest BCUT2D eigenvalue weighted by Crippen LogP contribution is -2.38.